The van der Waals surface area contributed by atoms with Crippen molar-refractivity contribution in [1.82, 2.24) is 10.3 Å². The Morgan fingerprint density at radius 3 is 2.63 bits per heavy atom. The molecular formula is C27H24N4O3S. The van der Waals surface area contributed by atoms with Crippen LogP contribution in [0.3, 0.4) is 0 Å². The quantitative estimate of drug-likeness (QED) is 0.249. The molecule has 0 saturated carbocycles. The van der Waals surface area contributed by atoms with Gasteiger partial charge in [-0.05, 0) is 48.5 Å². The van der Waals surface area contributed by atoms with Gasteiger partial charge in [-0.1, -0.05) is 31.2 Å². The lowest BCUT2D eigenvalue weighted by molar-refractivity contribution is -0.110. The van der Waals surface area contributed by atoms with Gasteiger partial charge in [0.25, 0.3) is 5.91 Å². The average molecular weight is 485 g/mol. The molecule has 1 aliphatic rings. The predicted molar refractivity (Wildman–Crippen MR) is 140 cm³/mol. The highest BCUT2D eigenvalue weighted by Crippen LogP contribution is 2.39. The minimum Gasteiger partial charge on any atom is -0.465 e. The summed E-state index contributed by atoms with van der Waals surface area (Å²) < 4.78 is 5.90. The van der Waals surface area contributed by atoms with Gasteiger partial charge in [0.1, 0.15) is 0 Å². The Balaban J connectivity index is 1.61. The molecule has 1 amide bonds. The van der Waals surface area contributed by atoms with E-state index in [1.807, 2.05) is 35.8 Å². The Kier molecular flexibility index (Phi) is 6.31. The molecule has 0 spiro atoms. The number of anilines is 2. The van der Waals surface area contributed by atoms with Gasteiger partial charge in [0.05, 0.1) is 45.4 Å². The topological polar surface area (TPSA) is 92.3 Å². The summed E-state index contributed by atoms with van der Waals surface area (Å²) in [6.07, 6.45) is 0. The van der Waals surface area contributed by atoms with Gasteiger partial charge in [0, 0.05) is 23.4 Å². The maximum absolute atomic E-state index is 13.2. The van der Waals surface area contributed by atoms with Crippen LogP contribution in [0.4, 0.5) is 11.4 Å². The zero-order valence-electron chi connectivity index (χ0n) is 19.3. The molecular weight excluding hydrogens is 460 g/mol. The van der Waals surface area contributed by atoms with Crippen LogP contribution in [0.15, 0.2) is 66.2 Å². The largest absolute Gasteiger partial charge is 0.465 e. The number of methoxy groups -OCH3 is 1. The molecule has 3 N–H and O–H groups in total. The number of thiazole rings is 1. The number of amides is 1. The maximum atomic E-state index is 13.2. The SMILES string of the molecule is CCNCc1ccc(N/C(=C2\C(=O)Nc3cc(C(=O)OC)ccc32)c2ccc3scnc3c2)cc1. The lowest BCUT2D eigenvalue weighted by atomic mass is 9.98. The van der Waals surface area contributed by atoms with Gasteiger partial charge in [-0.3, -0.25) is 4.79 Å². The first-order valence-electron chi connectivity index (χ1n) is 11.3. The molecule has 176 valence electrons. The van der Waals surface area contributed by atoms with Crippen molar-refractivity contribution in [2.75, 3.05) is 24.3 Å². The molecule has 0 aliphatic carbocycles. The van der Waals surface area contributed by atoms with Crippen LogP contribution in [-0.4, -0.2) is 30.5 Å². The summed E-state index contributed by atoms with van der Waals surface area (Å²) in [5.74, 6) is -0.698. The number of carbonyl (C=O) groups excluding carboxylic acids is 2. The van der Waals surface area contributed by atoms with E-state index in [1.165, 1.54) is 12.7 Å². The molecule has 7 nitrogen and oxygen atoms in total. The van der Waals surface area contributed by atoms with Crippen LogP contribution < -0.4 is 16.0 Å². The monoisotopic (exact) mass is 484 g/mol. The van der Waals surface area contributed by atoms with Crippen molar-refractivity contribution in [2.24, 2.45) is 0 Å². The normalized spacial score (nSPS) is 13.9. The summed E-state index contributed by atoms with van der Waals surface area (Å²) in [5.41, 5.74) is 8.39. The Morgan fingerprint density at radius 2 is 1.86 bits per heavy atom. The molecule has 1 aliphatic heterocycles. The number of aromatic nitrogens is 1. The van der Waals surface area contributed by atoms with Crippen LogP contribution >= 0.6 is 11.3 Å². The molecule has 5 rings (SSSR count). The van der Waals surface area contributed by atoms with Gasteiger partial charge >= 0.3 is 5.97 Å². The highest BCUT2D eigenvalue weighted by Gasteiger charge is 2.29. The summed E-state index contributed by atoms with van der Waals surface area (Å²) in [6, 6.07) is 19.2. The predicted octanol–water partition coefficient (Wildman–Crippen LogP) is 5.12. The van der Waals surface area contributed by atoms with Crippen molar-refractivity contribution in [3.63, 3.8) is 0 Å². The summed E-state index contributed by atoms with van der Waals surface area (Å²) >= 11 is 1.57. The number of benzene rings is 3. The van der Waals surface area contributed by atoms with E-state index in [-0.39, 0.29) is 5.91 Å². The van der Waals surface area contributed by atoms with Crippen molar-refractivity contribution >= 4 is 56.1 Å². The number of nitrogens with one attached hydrogen (secondary N) is 3. The van der Waals surface area contributed by atoms with E-state index in [1.54, 1.807) is 29.5 Å². The number of fused-ring (bicyclic) bond motifs is 2. The van der Waals surface area contributed by atoms with E-state index in [9.17, 15) is 9.59 Å². The minimum absolute atomic E-state index is 0.244. The highest BCUT2D eigenvalue weighted by atomic mass is 32.1. The highest BCUT2D eigenvalue weighted by molar-refractivity contribution is 7.16. The van der Waals surface area contributed by atoms with Crippen molar-refractivity contribution in [1.29, 1.82) is 0 Å². The van der Waals surface area contributed by atoms with Crippen LogP contribution in [0.1, 0.15) is 34.0 Å². The summed E-state index contributed by atoms with van der Waals surface area (Å²) in [4.78, 5) is 29.7. The molecule has 0 bridgehead atoms. The number of nitrogens with zero attached hydrogens (tertiary/aromatic N) is 1. The number of carbonyl (C=O) groups is 2. The van der Waals surface area contributed by atoms with Gasteiger partial charge in [-0.2, -0.15) is 0 Å². The lowest BCUT2D eigenvalue weighted by Gasteiger charge is -2.15. The molecule has 1 aromatic heterocycles. The third-order valence-electron chi connectivity index (χ3n) is 5.86. The molecule has 0 fully saturated rings. The third kappa shape index (κ3) is 4.53. The summed E-state index contributed by atoms with van der Waals surface area (Å²) in [7, 11) is 1.33. The first-order chi connectivity index (χ1) is 17.1. The molecule has 8 heteroatoms. The second-order valence-electron chi connectivity index (χ2n) is 8.09. The second kappa shape index (κ2) is 9.69. The zero-order valence-corrected chi connectivity index (χ0v) is 20.2. The number of esters is 1. The maximum Gasteiger partial charge on any atom is 0.337 e. The van der Waals surface area contributed by atoms with Gasteiger partial charge in [-0.25, -0.2) is 9.78 Å². The summed E-state index contributed by atoms with van der Waals surface area (Å²) in [6.45, 7) is 3.78. The van der Waals surface area contributed by atoms with E-state index < -0.39 is 5.97 Å². The molecule has 0 radical (unpaired) electrons. The Labute approximate surface area is 206 Å². The van der Waals surface area contributed by atoms with Crippen LogP contribution in [0.5, 0.6) is 0 Å². The molecule has 0 unspecified atom stereocenters. The van der Waals surface area contributed by atoms with Crippen LogP contribution in [0.2, 0.25) is 0 Å². The zero-order chi connectivity index (χ0) is 24.4. The molecule has 35 heavy (non-hydrogen) atoms. The fourth-order valence-electron chi connectivity index (χ4n) is 4.08. The minimum atomic E-state index is -0.454. The van der Waals surface area contributed by atoms with E-state index in [4.69, 9.17) is 4.74 Å². The van der Waals surface area contributed by atoms with Crippen molar-refractivity contribution in [3.8, 4) is 0 Å². The van der Waals surface area contributed by atoms with Crippen LogP contribution in [0.25, 0.3) is 21.5 Å². The first kappa shape index (κ1) is 22.8. The summed E-state index contributed by atoms with van der Waals surface area (Å²) in [5, 5.41) is 9.70. The van der Waals surface area contributed by atoms with Gasteiger partial charge < -0.3 is 20.7 Å². The Morgan fingerprint density at radius 1 is 1.06 bits per heavy atom. The number of rotatable bonds is 7. The lowest BCUT2D eigenvalue weighted by Crippen LogP contribution is -2.12. The molecule has 2 heterocycles. The smallest absolute Gasteiger partial charge is 0.337 e. The second-order valence-corrected chi connectivity index (χ2v) is 8.98. The number of hydrogen-bond acceptors (Lipinski definition) is 7. The van der Waals surface area contributed by atoms with Gasteiger partial charge in [-0.15, -0.1) is 11.3 Å². The van der Waals surface area contributed by atoms with Crippen molar-refractivity contribution < 1.29 is 14.3 Å². The Bertz CT molecular complexity index is 1460. The van der Waals surface area contributed by atoms with E-state index >= 15 is 0 Å². The standard InChI is InChI=1S/C27H24N4O3S/c1-3-28-14-16-4-8-19(9-5-16)30-25(17-7-11-23-22(12-17)29-15-35-23)24-20-10-6-18(27(33)34-2)13-21(20)31-26(24)32/h4-13,15,28,30H,3,14H2,1-2H3,(H,31,32)/b25-24-. The van der Waals surface area contributed by atoms with Crippen molar-refractivity contribution in [3.05, 3.63) is 88.4 Å². The van der Waals surface area contributed by atoms with E-state index in [0.29, 0.717) is 28.1 Å². The van der Waals surface area contributed by atoms with Gasteiger partial charge in [0.2, 0.25) is 0 Å². The number of hydrogen-bond donors (Lipinski definition) is 3. The van der Waals surface area contributed by atoms with E-state index in [2.05, 4.69) is 40.0 Å². The van der Waals surface area contributed by atoms with Crippen LogP contribution in [0, 0.1) is 0 Å². The fraction of sp³-hybridized carbons (Fsp3) is 0.148. The molecule has 3 aromatic carbocycles. The Hall–Kier alpha value is -4.01. The van der Waals surface area contributed by atoms with Crippen molar-refractivity contribution in [2.45, 2.75) is 13.5 Å². The first-order valence-corrected chi connectivity index (χ1v) is 12.1. The van der Waals surface area contributed by atoms with Gasteiger partial charge in [0.15, 0.2) is 0 Å². The number of ether oxygens (including phenoxy) is 1. The molecule has 0 atom stereocenters. The molecule has 0 saturated heterocycles. The average Bonchev–Trinajstić information content (AvgIpc) is 3.48. The fourth-order valence-corrected chi connectivity index (χ4v) is 4.74. The van der Waals surface area contributed by atoms with Crippen LogP contribution in [-0.2, 0) is 16.1 Å². The molecule has 4 aromatic rings. The van der Waals surface area contributed by atoms with E-state index in [0.717, 1.165) is 34.6 Å². The third-order valence-corrected chi connectivity index (χ3v) is 6.67.